The molecule has 1 aromatic carbocycles. The van der Waals surface area contributed by atoms with Crippen LogP contribution in [0.3, 0.4) is 0 Å². The second-order valence-electron chi connectivity index (χ2n) is 7.29. The summed E-state index contributed by atoms with van der Waals surface area (Å²) < 4.78 is 5.22. The molecular weight excluding hydrogens is 464 g/mol. The van der Waals surface area contributed by atoms with Gasteiger partial charge in [-0.1, -0.05) is 28.9 Å². The highest BCUT2D eigenvalue weighted by atomic mass is 35.5. The third kappa shape index (κ3) is 5.20. The monoisotopic (exact) mass is 484 g/mol. The summed E-state index contributed by atoms with van der Waals surface area (Å²) >= 11 is 9.15. The molecule has 4 aromatic rings. The Morgan fingerprint density at radius 1 is 1.22 bits per heavy atom. The summed E-state index contributed by atoms with van der Waals surface area (Å²) in [6, 6.07) is 9.54. The van der Waals surface area contributed by atoms with Gasteiger partial charge in [0, 0.05) is 40.0 Å². The Balaban J connectivity index is 1.44. The average Bonchev–Trinajstić information content (AvgIpc) is 3.35. The number of halogens is 1. The lowest BCUT2D eigenvalue weighted by Gasteiger charge is -2.07. The van der Waals surface area contributed by atoms with Gasteiger partial charge in [-0.25, -0.2) is 9.97 Å². The first kappa shape index (κ1) is 22.5. The number of benzene rings is 1. The maximum absolute atomic E-state index is 12.9. The standard InChI is InChI=1S/C23H21ClN4O2S2/c1-13-6-7-16(10-20(13)24)9-17-11-26-23(32-17)27-21(29)18-5-4-8-25-22(18)31-12-19-14(2)28-30-15(19)3/h4-8,10-11H,9,12H2,1-3H3,(H,26,27,29). The van der Waals surface area contributed by atoms with E-state index in [2.05, 4.69) is 26.5 Å². The minimum atomic E-state index is -0.237. The molecule has 1 N–H and O–H groups in total. The normalized spacial score (nSPS) is 11.0. The molecule has 0 unspecified atom stereocenters. The maximum atomic E-state index is 12.9. The van der Waals surface area contributed by atoms with Crippen molar-refractivity contribution in [3.05, 3.63) is 86.3 Å². The molecule has 0 aliphatic carbocycles. The molecule has 0 atom stereocenters. The second-order valence-corrected chi connectivity index (χ2v) is 9.78. The molecule has 32 heavy (non-hydrogen) atoms. The predicted molar refractivity (Wildman–Crippen MR) is 129 cm³/mol. The third-order valence-corrected chi connectivity index (χ3v) is 7.29. The van der Waals surface area contributed by atoms with E-state index in [-0.39, 0.29) is 5.91 Å². The molecule has 0 saturated heterocycles. The Kier molecular flexibility index (Phi) is 6.93. The zero-order valence-corrected chi connectivity index (χ0v) is 20.2. The molecule has 3 aromatic heterocycles. The van der Waals surface area contributed by atoms with Crippen LogP contribution in [-0.2, 0) is 12.2 Å². The van der Waals surface area contributed by atoms with Gasteiger partial charge in [0.1, 0.15) is 10.8 Å². The molecule has 6 nitrogen and oxygen atoms in total. The lowest BCUT2D eigenvalue weighted by atomic mass is 10.1. The van der Waals surface area contributed by atoms with Crippen molar-refractivity contribution < 1.29 is 9.32 Å². The fourth-order valence-corrected chi connectivity index (χ4v) is 5.28. The Bertz CT molecular complexity index is 1250. The molecule has 4 rings (SSSR count). The van der Waals surface area contributed by atoms with Crippen LogP contribution in [0, 0.1) is 20.8 Å². The number of carbonyl (C=O) groups excluding carboxylic acids is 1. The lowest BCUT2D eigenvalue weighted by Crippen LogP contribution is -2.13. The number of anilines is 1. The Morgan fingerprint density at radius 3 is 2.81 bits per heavy atom. The first-order valence-corrected chi connectivity index (χ1v) is 12.1. The Morgan fingerprint density at radius 2 is 2.06 bits per heavy atom. The molecule has 0 aliphatic heterocycles. The first-order chi connectivity index (χ1) is 15.4. The summed E-state index contributed by atoms with van der Waals surface area (Å²) in [6.07, 6.45) is 4.17. The average molecular weight is 485 g/mol. The lowest BCUT2D eigenvalue weighted by molar-refractivity contribution is 0.102. The summed E-state index contributed by atoms with van der Waals surface area (Å²) in [5, 5.41) is 8.83. The Labute approximate surface area is 199 Å². The molecule has 164 valence electrons. The van der Waals surface area contributed by atoms with Gasteiger partial charge in [0.05, 0.1) is 11.3 Å². The zero-order valence-electron chi connectivity index (χ0n) is 17.8. The van der Waals surface area contributed by atoms with Gasteiger partial charge in [0.2, 0.25) is 0 Å². The highest BCUT2D eigenvalue weighted by molar-refractivity contribution is 7.98. The van der Waals surface area contributed by atoms with Crippen molar-refractivity contribution >= 4 is 45.7 Å². The van der Waals surface area contributed by atoms with E-state index in [1.54, 1.807) is 24.5 Å². The van der Waals surface area contributed by atoms with E-state index in [0.29, 0.717) is 27.9 Å². The van der Waals surface area contributed by atoms with Crippen molar-refractivity contribution in [3.8, 4) is 0 Å². The number of rotatable bonds is 7. The molecule has 0 bridgehead atoms. The number of nitrogens with one attached hydrogen (secondary N) is 1. The molecule has 1 amide bonds. The van der Waals surface area contributed by atoms with E-state index in [1.165, 1.54) is 23.1 Å². The van der Waals surface area contributed by atoms with Crippen LogP contribution in [0.25, 0.3) is 0 Å². The second kappa shape index (κ2) is 9.85. The number of pyridine rings is 1. The number of thiazole rings is 1. The van der Waals surface area contributed by atoms with Crippen LogP contribution in [0.5, 0.6) is 0 Å². The number of hydrogen-bond donors (Lipinski definition) is 1. The van der Waals surface area contributed by atoms with Crippen LogP contribution in [0.15, 0.2) is 52.3 Å². The van der Waals surface area contributed by atoms with Crippen LogP contribution >= 0.6 is 34.7 Å². The van der Waals surface area contributed by atoms with E-state index in [9.17, 15) is 4.79 Å². The molecule has 9 heteroatoms. The van der Waals surface area contributed by atoms with Gasteiger partial charge < -0.3 is 4.52 Å². The summed E-state index contributed by atoms with van der Waals surface area (Å²) in [5.41, 5.74) is 4.53. The summed E-state index contributed by atoms with van der Waals surface area (Å²) in [7, 11) is 0. The van der Waals surface area contributed by atoms with Gasteiger partial charge in [-0.05, 0) is 50.1 Å². The minimum Gasteiger partial charge on any atom is -0.361 e. The summed E-state index contributed by atoms with van der Waals surface area (Å²) in [5.74, 6) is 1.17. The Hall–Kier alpha value is -2.68. The summed E-state index contributed by atoms with van der Waals surface area (Å²) in [6.45, 7) is 5.77. The van der Waals surface area contributed by atoms with Gasteiger partial charge in [0.15, 0.2) is 5.13 Å². The molecule has 0 aliphatic rings. The van der Waals surface area contributed by atoms with Crippen molar-refractivity contribution in [3.63, 3.8) is 0 Å². The van der Waals surface area contributed by atoms with Crippen LogP contribution in [0.4, 0.5) is 5.13 Å². The van der Waals surface area contributed by atoms with Crippen molar-refractivity contribution in [2.75, 3.05) is 5.32 Å². The number of aryl methyl sites for hydroxylation is 3. The van der Waals surface area contributed by atoms with Crippen molar-refractivity contribution in [1.82, 2.24) is 15.1 Å². The van der Waals surface area contributed by atoms with Gasteiger partial charge in [-0.3, -0.25) is 10.1 Å². The van der Waals surface area contributed by atoms with Crippen LogP contribution in [0.1, 0.15) is 43.4 Å². The molecule has 3 heterocycles. The van der Waals surface area contributed by atoms with Gasteiger partial charge >= 0.3 is 0 Å². The SMILES string of the molecule is Cc1ccc(Cc2cnc(NC(=O)c3cccnc3SCc3c(C)noc3C)s2)cc1Cl. The highest BCUT2D eigenvalue weighted by Crippen LogP contribution is 2.29. The fourth-order valence-electron chi connectivity index (χ4n) is 3.09. The van der Waals surface area contributed by atoms with Crippen LogP contribution in [-0.4, -0.2) is 21.0 Å². The van der Waals surface area contributed by atoms with E-state index in [4.69, 9.17) is 16.1 Å². The third-order valence-electron chi connectivity index (χ3n) is 4.94. The minimum absolute atomic E-state index is 0.237. The van der Waals surface area contributed by atoms with E-state index in [1.807, 2.05) is 32.9 Å². The van der Waals surface area contributed by atoms with E-state index < -0.39 is 0 Å². The number of nitrogens with zero attached hydrogens (tertiary/aromatic N) is 3. The number of hydrogen-bond acceptors (Lipinski definition) is 7. The quantitative estimate of drug-likeness (QED) is 0.313. The number of thioether (sulfide) groups is 1. The van der Waals surface area contributed by atoms with E-state index >= 15 is 0 Å². The van der Waals surface area contributed by atoms with Crippen molar-refractivity contribution in [1.29, 1.82) is 0 Å². The van der Waals surface area contributed by atoms with Crippen LogP contribution < -0.4 is 5.32 Å². The number of carbonyl (C=O) groups is 1. The maximum Gasteiger partial charge on any atom is 0.260 e. The predicted octanol–water partition coefficient (Wildman–Crippen LogP) is 6.24. The topological polar surface area (TPSA) is 80.9 Å². The zero-order chi connectivity index (χ0) is 22.7. The largest absolute Gasteiger partial charge is 0.361 e. The van der Waals surface area contributed by atoms with Crippen molar-refractivity contribution in [2.24, 2.45) is 0 Å². The fraction of sp³-hybridized carbons (Fsp3) is 0.217. The van der Waals surface area contributed by atoms with Gasteiger partial charge in [0.25, 0.3) is 5.91 Å². The van der Waals surface area contributed by atoms with Crippen LogP contribution in [0.2, 0.25) is 5.02 Å². The molecular formula is C23H21ClN4O2S2. The molecule has 0 radical (unpaired) electrons. The number of aromatic nitrogens is 3. The van der Waals surface area contributed by atoms with Crippen molar-refractivity contribution in [2.45, 2.75) is 38.0 Å². The highest BCUT2D eigenvalue weighted by Gasteiger charge is 2.17. The summed E-state index contributed by atoms with van der Waals surface area (Å²) in [4.78, 5) is 22.7. The molecule has 0 spiro atoms. The van der Waals surface area contributed by atoms with E-state index in [0.717, 1.165) is 38.0 Å². The smallest absolute Gasteiger partial charge is 0.260 e. The molecule has 0 fully saturated rings. The number of amides is 1. The first-order valence-electron chi connectivity index (χ1n) is 9.91. The molecule has 0 saturated carbocycles. The van der Waals surface area contributed by atoms with Gasteiger partial charge in [-0.15, -0.1) is 23.1 Å². The van der Waals surface area contributed by atoms with Gasteiger partial charge in [-0.2, -0.15) is 0 Å².